The van der Waals surface area contributed by atoms with Crippen LogP contribution in [0.3, 0.4) is 0 Å². The second-order valence-corrected chi connectivity index (χ2v) is 6.88. The number of carbonyl (C=O) groups excluding carboxylic acids is 2. The van der Waals surface area contributed by atoms with E-state index in [1.165, 1.54) is 0 Å². The zero-order chi connectivity index (χ0) is 18.8. The van der Waals surface area contributed by atoms with E-state index >= 15 is 0 Å². The molecule has 0 spiro atoms. The van der Waals surface area contributed by atoms with Crippen LogP contribution < -0.4 is 5.32 Å². The molecule has 3 rings (SSSR count). The number of carbonyl (C=O) groups is 2. The highest BCUT2D eigenvalue weighted by atomic mass is 16.5. The van der Waals surface area contributed by atoms with Crippen molar-refractivity contribution in [1.82, 2.24) is 19.9 Å². The number of piperidine rings is 1. The van der Waals surface area contributed by atoms with E-state index < -0.39 is 0 Å². The molecule has 140 valence electrons. The zero-order valence-corrected chi connectivity index (χ0v) is 15.8. The first-order valence-corrected chi connectivity index (χ1v) is 9.12. The third-order valence-electron chi connectivity index (χ3n) is 5.01. The molecule has 3 heterocycles. The van der Waals surface area contributed by atoms with E-state index in [1.807, 2.05) is 49.3 Å². The minimum absolute atomic E-state index is 0.00420. The number of nitrogens with zero attached hydrogens (tertiary/aromatic N) is 3. The molecule has 2 aromatic heterocycles. The standard InChI is InChI=1S/C19H26N4O3/c1-5-20-18(24)15-6-8-22(9-7-15)19(25)16-10-12(2)23(14(16)4)17-11-13(3)26-21-17/h10-11,15H,5-9H2,1-4H3,(H,20,24). The Labute approximate surface area is 153 Å². The van der Waals surface area contributed by atoms with Crippen molar-refractivity contribution in [2.75, 3.05) is 19.6 Å². The summed E-state index contributed by atoms with van der Waals surface area (Å²) in [7, 11) is 0. The van der Waals surface area contributed by atoms with Crippen LogP contribution in [0.15, 0.2) is 16.7 Å². The highest BCUT2D eigenvalue weighted by molar-refractivity contribution is 5.96. The average molecular weight is 358 g/mol. The van der Waals surface area contributed by atoms with E-state index in [-0.39, 0.29) is 17.7 Å². The predicted molar refractivity (Wildman–Crippen MR) is 97.4 cm³/mol. The maximum absolute atomic E-state index is 13.0. The first kappa shape index (κ1) is 18.2. The van der Waals surface area contributed by atoms with Gasteiger partial charge >= 0.3 is 0 Å². The van der Waals surface area contributed by atoms with Crippen LogP contribution in [-0.2, 0) is 4.79 Å². The van der Waals surface area contributed by atoms with Crippen molar-refractivity contribution in [3.05, 3.63) is 34.8 Å². The second-order valence-electron chi connectivity index (χ2n) is 6.88. The van der Waals surface area contributed by atoms with Gasteiger partial charge in [-0.25, -0.2) is 0 Å². The monoisotopic (exact) mass is 358 g/mol. The molecule has 2 amide bonds. The lowest BCUT2D eigenvalue weighted by atomic mass is 9.95. The molecular weight excluding hydrogens is 332 g/mol. The summed E-state index contributed by atoms with van der Waals surface area (Å²) in [5.74, 6) is 1.53. The largest absolute Gasteiger partial charge is 0.360 e. The molecular formula is C19H26N4O3. The second kappa shape index (κ2) is 7.35. The summed E-state index contributed by atoms with van der Waals surface area (Å²) in [6, 6.07) is 3.75. The average Bonchev–Trinajstić information content (AvgIpc) is 3.17. The minimum atomic E-state index is 0.00420. The summed E-state index contributed by atoms with van der Waals surface area (Å²) >= 11 is 0. The SMILES string of the molecule is CCNC(=O)C1CCN(C(=O)c2cc(C)n(-c3cc(C)on3)c2C)CC1. The summed E-state index contributed by atoms with van der Waals surface area (Å²) in [5, 5.41) is 6.93. The summed E-state index contributed by atoms with van der Waals surface area (Å²) < 4.78 is 7.10. The van der Waals surface area contributed by atoms with E-state index in [0.29, 0.717) is 43.9 Å². The fraction of sp³-hybridized carbons (Fsp3) is 0.526. The molecule has 0 bridgehead atoms. The van der Waals surface area contributed by atoms with Gasteiger partial charge < -0.3 is 14.7 Å². The Hall–Kier alpha value is -2.57. The molecule has 0 atom stereocenters. The fourth-order valence-electron chi connectivity index (χ4n) is 3.62. The Morgan fingerprint density at radius 3 is 2.50 bits per heavy atom. The van der Waals surface area contributed by atoms with Crippen molar-refractivity contribution in [3.63, 3.8) is 0 Å². The highest BCUT2D eigenvalue weighted by Crippen LogP contribution is 2.24. The molecule has 0 radical (unpaired) electrons. The van der Waals surface area contributed by atoms with Gasteiger partial charge in [0.2, 0.25) is 5.91 Å². The first-order chi connectivity index (χ1) is 12.4. The van der Waals surface area contributed by atoms with Gasteiger partial charge in [-0.1, -0.05) is 5.16 Å². The van der Waals surface area contributed by atoms with E-state index in [1.54, 1.807) is 0 Å². The van der Waals surface area contributed by atoms with Crippen LogP contribution in [0.5, 0.6) is 0 Å². The van der Waals surface area contributed by atoms with Gasteiger partial charge in [-0.15, -0.1) is 0 Å². The third-order valence-corrected chi connectivity index (χ3v) is 5.01. The van der Waals surface area contributed by atoms with Crippen molar-refractivity contribution < 1.29 is 14.1 Å². The number of aromatic nitrogens is 2. The van der Waals surface area contributed by atoms with Crippen molar-refractivity contribution in [2.24, 2.45) is 5.92 Å². The molecule has 0 unspecified atom stereocenters. The van der Waals surface area contributed by atoms with Crippen molar-refractivity contribution in [1.29, 1.82) is 0 Å². The third kappa shape index (κ3) is 3.38. The Morgan fingerprint density at radius 1 is 1.23 bits per heavy atom. The zero-order valence-electron chi connectivity index (χ0n) is 15.8. The van der Waals surface area contributed by atoms with Gasteiger partial charge in [0.1, 0.15) is 5.76 Å². The molecule has 1 N–H and O–H groups in total. The van der Waals surface area contributed by atoms with Crippen molar-refractivity contribution in [3.8, 4) is 5.82 Å². The summed E-state index contributed by atoms with van der Waals surface area (Å²) in [6.07, 6.45) is 1.41. The van der Waals surface area contributed by atoms with Crippen molar-refractivity contribution >= 4 is 11.8 Å². The van der Waals surface area contributed by atoms with Gasteiger partial charge in [-0.05, 0) is 46.6 Å². The van der Waals surface area contributed by atoms with Crippen LogP contribution in [0.2, 0.25) is 0 Å². The molecule has 1 aliphatic heterocycles. The normalized spacial score (nSPS) is 15.3. The molecule has 1 fully saturated rings. The molecule has 7 heteroatoms. The van der Waals surface area contributed by atoms with Gasteiger partial charge in [0.15, 0.2) is 5.82 Å². The first-order valence-electron chi connectivity index (χ1n) is 9.12. The predicted octanol–water partition coefficient (Wildman–Crippen LogP) is 2.38. The topological polar surface area (TPSA) is 80.4 Å². The lowest BCUT2D eigenvalue weighted by molar-refractivity contribution is -0.126. The van der Waals surface area contributed by atoms with Crippen molar-refractivity contribution in [2.45, 2.75) is 40.5 Å². The highest BCUT2D eigenvalue weighted by Gasteiger charge is 2.29. The Balaban J connectivity index is 1.74. The summed E-state index contributed by atoms with van der Waals surface area (Å²) in [5.41, 5.74) is 2.47. The van der Waals surface area contributed by atoms with Crippen LogP contribution in [0.4, 0.5) is 0 Å². The lowest BCUT2D eigenvalue weighted by Crippen LogP contribution is -2.43. The van der Waals surface area contributed by atoms with E-state index in [4.69, 9.17) is 4.52 Å². The van der Waals surface area contributed by atoms with E-state index in [0.717, 1.165) is 17.1 Å². The molecule has 1 saturated heterocycles. The molecule has 0 saturated carbocycles. The van der Waals surface area contributed by atoms with Gasteiger partial charge in [-0.2, -0.15) is 0 Å². The Kier molecular flexibility index (Phi) is 5.15. The number of rotatable bonds is 4. The number of likely N-dealkylation sites (tertiary alicyclic amines) is 1. The molecule has 26 heavy (non-hydrogen) atoms. The molecule has 0 aliphatic carbocycles. The summed E-state index contributed by atoms with van der Waals surface area (Å²) in [6.45, 7) is 9.49. The van der Waals surface area contributed by atoms with Gasteiger partial charge in [-0.3, -0.25) is 14.2 Å². The Morgan fingerprint density at radius 2 is 1.92 bits per heavy atom. The Bertz CT molecular complexity index is 813. The molecule has 0 aromatic carbocycles. The maximum atomic E-state index is 13.0. The van der Waals surface area contributed by atoms with Gasteiger partial charge in [0.05, 0.1) is 5.56 Å². The molecule has 7 nitrogen and oxygen atoms in total. The number of nitrogens with one attached hydrogen (secondary N) is 1. The van der Waals surface area contributed by atoms with Crippen LogP contribution in [-0.4, -0.2) is 46.1 Å². The number of hydrogen-bond acceptors (Lipinski definition) is 4. The van der Waals surface area contributed by atoms with Crippen LogP contribution in [0, 0.1) is 26.7 Å². The number of hydrogen-bond donors (Lipinski definition) is 1. The van der Waals surface area contributed by atoms with Gasteiger partial charge in [0, 0.05) is 43.0 Å². The lowest BCUT2D eigenvalue weighted by Gasteiger charge is -2.31. The summed E-state index contributed by atoms with van der Waals surface area (Å²) in [4.78, 5) is 26.8. The quantitative estimate of drug-likeness (QED) is 0.910. The van der Waals surface area contributed by atoms with Crippen LogP contribution in [0.1, 0.15) is 47.3 Å². The number of aryl methyl sites for hydroxylation is 2. The van der Waals surface area contributed by atoms with E-state index in [2.05, 4.69) is 10.5 Å². The smallest absolute Gasteiger partial charge is 0.255 e. The maximum Gasteiger partial charge on any atom is 0.255 e. The van der Waals surface area contributed by atoms with Gasteiger partial charge in [0.25, 0.3) is 5.91 Å². The van der Waals surface area contributed by atoms with Crippen LogP contribution >= 0.6 is 0 Å². The van der Waals surface area contributed by atoms with E-state index in [9.17, 15) is 9.59 Å². The minimum Gasteiger partial charge on any atom is -0.360 e. The molecule has 2 aromatic rings. The number of amides is 2. The van der Waals surface area contributed by atoms with Crippen LogP contribution in [0.25, 0.3) is 5.82 Å². The molecule has 1 aliphatic rings. The fourth-order valence-corrected chi connectivity index (χ4v) is 3.62.